The number of nitrogens with zero attached hydrogens (tertiary/aromatic N) is 2. The van der Waals surface area contributed by atoms with E-state index in [1.54, 1.807) is 0 Å². The van der Waals surface area contributed by atoms with Gasteiger partial charge in [-0.25, -0.2) is 0 Å². The van der Waals surface area contributed by atoms with Gasteiger partial charge >= 0.3 is 0 Å². The Kier molecular flexibility index (Phi) is 3.61. The van der Waals surface area contributed by atoms with Crippen molar-refractivity contribution in [1.82, 2.24) is 0 Å². The Balaban J connectivity index is 0.000000980. The third kappa shape index (κ3) is 1.79. The molecule has 0 radical (unpaired) electrons. The summed E-state index contributed by atoms with van der Waals surface area (Å²) in [5.41, 5.74) is 2.47. The number of hydrogen-bond acceptors (Lipinski definition) is 3. The molecule has 0 saturated carbocycles. The SMILES string of the molecule is CN1CN(CCO)c2ccccc21.Cl. The highest BCUT2D eigenvalue weighted by molar-refractivity contribution is 5.85. The number of anilines is 2. The van der Waals surface area contributed by atoms with E-state index >= 15 is 0 Å². The van der Waals surface area contributed by atoms with Gasteiger partial charge in [0.25, 0.3) is 0 Å². The van der Waals surface area contributed by atoms with Gasteiger partial charge in [-0.1, -0.05) is 12.1 Å². The molecule has 1 heterocycles. The van der Waals surface area contributed by atoms with Gasteiger partial charge in [0.15, 0.2) is 0 Å². The number of fused-ring (bicyclic) bond motifs is 1. The van der Waals surface area contributed by atoms with Crippen molar-refractivity contribution >= 4 is 23.8 Å². The van der Waals surface area contributed by atoms with Crippen LogP contribution < -0.4 is 9.80 Å². The van der Waals surface area contributed by atoms with E-state index in [2.05, 4.69) is 29.0 Å². The Morgan fingerprint density at radius 3 is 2.57 bits per heavy atom. The van der Waals surface area contributed by atoms with E-state index in [4.69, 9.17) is 5.11 Å². The van der Waals surface area contributed by atoms with Crippen LogP contribution in [0.25, 0.3) is 0 Å². The summed E-state index contributed by atoms with van der Waals surface area (Å²) >= 11 is 0. The molecule has 2 rings (SSSR count). The number of aliphatic hydroxyl groups excluding tert-OH is 1. The van der Waals surface area contributed by atoms with Crippen LogP contribution >= 0.6 is 12.4 Å². The number of hydrogen-bond donors (Lipinski definition) is 1. The third-order valence-electron chi connectivity index (χ3n) is 2.39. The monoisotopic (exact) mass is 214 g/mol. The van der Waals surface area contributed by atoms with E-state index in [9.17, 15) is 0 Å². The highest BCUT2D eigenvalue weighted by Gasteiger charge is 2.21. The highest BCUT2D eigenvalue weighted by atomic mass is 35.5. The van der Waals surface area contributed by atoms with E-state index in [1.165, 1.54) is 11.4 Å². The fourth-order valence-electron chi connectivity index (χ4n) is 1.77. The Morgan fingerprint density at radius 1 is 1.29 bits per heavy atom. The zero-order chi connectivity index (χ0) is 9.26. The molecular formula is C10H15ClN2O. The maximum atomic E-state index is 8.88. The van der Waals surface area contributed by atoms with Crippen molar-refractivity contribution in [2.45, 2.75) is 0 Å². The van der Waals surface area contributed by atoms with Crippen LogP contribution in [0.15, 0.2) is 24.3 Å². The Hall–Kier alpha value is -0.930. The van der Waals surface area contributed by atoms with Crippen LogP contribution in [0.3, 0.4) is 0 Å². The molecule has 0 spiro atoms. The second-order valence-electron chi connectivity index (χ2n) is 3.32. The van der Waals surface area contributed by atoms with Crippen LogP contribution in [0.5, 0.6) is 0 Å². The molecule has 1 aromatic rings. The molecule has 0 saturated heterocycles. The number of aliphatic hydroxyl groups is 1. The number of β-amino-alcohol motifs (C(OH)–C–C–N with tert-alkyl or cyclic N) is 1. The fourth-order valence-corrected chi connectivity index (χ4v) is 1.77. The maximum Gasteiger partial charge on any atom is 0.0902 e. The molecule has 0 bridgehead atoms. The average Bonchev–Trinajstić information content (AvgIpc) is 2.46. The zero-order valence-electron chi connectivity index (χ0n) is 8.18. The van der Waals surface area contributed by atoms with Crippen molar-refractivity contribution in [3.05, 3.63) is 24.3 Å². The van der Waals surface area contributed by atoms with Crippen molar-refractivity contribution in [3.8, 4) is 0 Å². The van der Waals surface area contributed by atoms with Crippen LogP contribution in [-0.2, 0) is 0 Å². The molecule has 0 unspecified atom stereocenters. The lowest BCUT2D eigenvalue weighted by atomic mass is 10.2. The molecule has 1 aromatic carbocycles. The summed E-state index contributed by atoms with van der Waals surface area (Å²) in [5, 5.41) is 8.88. The van der Waals surface area contributed by atoms with Crippen molar-refractivity contribution in [1.29, 1.82) is 0 Å². The molecule has 1 N–H and O–H groups in total. The van der Waals surface area contributed by atoms with Gasteiger partial charge in [0.05, 0.1) is 24.7 Å². The molecule has 14 heavy (non-hydrogen) atoms. The summed E-state index contributed by atoms with van der Waals surface area (Å²) in [6, 6.07) is 8.27. The largest absolute Gasteiger partial charge is 0.395 e. The van der Waals surface area contributed by atoms with Crippen molar-refractivity contribution in [3.63, 3.8) is 0 Å². The van der Waals surface area contributed by atoms with Gasteiger partial charge in [-0.2, -0.15) is 0 Å². The molecule has 0 fully saturated rings. The molecule has 3 nitrogen and oxygen atoms in total. The van der Waals surface area contributed by atoms with E-state index in [0.717, 1.165) is 6.67 Å². The van der Waals surface area contributed by atoms with Crippen LogP contribution in [0.1, 0.15) is 0 Å². The van der Waals surface area contributed by atoms with E-state index in [1.807, 2.05) is 12.1 Å². The first-order chi connectivity index (χ1) is 6.33. The lowest BCUT2D eigenvalue weighted by Crippen LogP contribution is -2.30. The Morgan fingerprint density at radius 2 is 1.93 bits per heavy atom. The lowest BCUT2D eigenvalue weighted by Gasteiger charge is -2.17. The predicted molar refractivity (Wildman–Crippen MR) is 61.4 cm³/mol. The quantitative estimate of drug-likeness (QED) is 0.805. The molecule has 0 aromatic heterocycles. The molecule has 1 aliphatic heterocycles. The van der Waals surface area contributed by atoms with Crippen LogP contribution in [0, 0.1) is 0 Å². The summed E-state index contributed by atoms with van der Waals surface area (Å²) in [7, 11) is 2.07. The van der Waals surface area contributed by atoms with Crippen LogP contribution in [0.2, 0.25) is 0 Å². The Labute approximate surface area is 90.4 Å². The van der Waals surface area contributed by atoms with Crippen molar-refractivity contribution in [2.24, 2.45) is 0 Å². The van der Waals surface area contributed by atoms with E-state index < -0.39 is 0 Å². The molecule has 78 valence electrons. The molecular weight excluding hydrogens is 200 g/mol. The molecule has 0 atom stereocenters. The number of halogens is 1. The lowest BCUT2D eigenvalue weighted by molar-refractivity contribution is 0.302. The summed E-state index contributed by atoms with van der Waals surface area (Å²) in [4.78, 5) is 4.36. The summed E-state index contributed by atoms with van der Waals surface area (Å²) in [5.74, 6) is 0. The standard InChI is InChI=1S/C10H14N2O.ClH/c1-11-8-12(6-7-13)10-5-3-2-4-9(10)11;/h2-5,13H,6-8H2,1H3;1H. The smallest absolute Gasteiger partial charge is 0.0902 e. The van der Waals surface area contributed by atoms with Gasteiger partial charge in [0.2, 0.25) is 0 Å². The summed E-state index contributed by atoms with van der Waals surface area (Å²) in [6.07, 6.45) is 0. The first-order valence-corrected chi connectivity index (χ1v) is 4.49. The molecule has 0 amide bonds. The van der Waals surface area contributed by atoms with Crippen LogP contribution in [0.4, 0.5) is 11.4 Å². The third-order valence-corrected chi connectivity index (χ3v) is 2.39. The normalized spacial score (nSPS) is 13.9. The summed E-state index contributed by atoms with van der Waals surface area (Å²) in [6.45, 7) is 1.80. The average molecular weight is 215 g/mol. The van der Waals surface area contributed by atoms with Gasteiger partial charge in [-0.05, 0) is 12.1 Å². The first kappa shape index (κ1) is 11.1. The Bertz CT molecular complexity index is 306. The van der Waals surface area contributed by atoms with Gasteiger partial charge in [-0.3, -0.25) is 0 Å². The predicted octanol–water partition coefficient (Wildman–Crippen LogP) is 1.31. The molecule has 0 aliphatic carbocycles. The maximum absolute atomic E-state index is 8.88. The van der Waals surface area contributed by atoms with Gasteiger partial charge in [0, 0.05) is 13.6 Å². The van der Waals surface area contributed by atoms with E-state index in [-0.39, 0.29) is 19.0 Å². The highest BCUT2D eigenvalue weighted by Crippen LogP contribution is 2.33. The summed E-state index contributed by atoms with van der Waals surface area (Å²) < 4.78 is 0. The zero-order valence-corrected chi connectivity index (χ0v) is 9.00. The molecule has 1 aliphatic rings. The molecule has 4 heteroatoms. The number of benzene rings is 1. The first-order valence-electron chi connectivity index (χ1n) is 4.49. The second kappa shape index (κ2) is 4.53. The van der Waals surface area contributed by atoms with Gasteiger partial charge in [-0.15, -0.1) is 12.4 Å². The minimum Gasteiger partial charge on any atom is -0.395 e. The van der Waals surface area contributed by atoms with Gasteiger partial charge < -0.3 is 14.9 Å². The fraction of sp³-hybridized carbons (Fsp3) is 0.400. The second-order valence-corrected chi connectivity index (χ2v) is 3.32. The van der Waals surface area contributed by atoms with E-state index in [0.29, 0.717) is 6.54 Å². The van der Waals surface area contributed by atoms with Gasteiger partial charge in [0.1, 0.15) is 0 Å². The number of para-hydroxylation sites is 2. The minimum atomic E-state index is 0. The van der Waals surface area contributed by atoms with Crippen LogP contribution in [-0.4, -0.2) is 32.0 Å². The minimum absolute atomic E-state index is 0. The van der Waals surface area contributed by atoms with Crippen molar-refractivity contribution in [2.75, 3.05) is 36.7 Å². The number of rotatable bonds is 2. The van der Waals surface area contributed by atoms with Crippen molar-refractivity contribution < 1.29 is 5.11 Å². The topological polar surface area (TPSA) is 26.7 Å².